The Hall–Kier alpha value is -1.73. The Morgan fingerprint density at radius 1 is 1.11 bits per heavy atom. The van der Waals surface area contributed by atoms with E-state index in [1.807, 2.05) is 0 Å². The number of hydrogen-bond donors (Lipinski definition) is 1. The van der Waals surface area contributed by atoms with Gasteiger partial charge in [-0.15, -0.1) is 0 Å². The predicted molar refractivity (Wildman–Crippen MR) is 52.3 cm³/mol. The van der Waals surface area contributed by atoms with Gasteiger partial charge in [0.25, 0.3) is 0 Å². The molecule has 0 spiro atoms. The second kappa shape index (κ2) is 5.10. The van der Waals surface area contributed by atoms with Gasteiger partial charge in [0.15, 0.2) is 17.5 Å². The molecular weight excluding hydrogens is 278 g/mol. The Kier molecular flexibility index (Phi) is 4.12. The minimum absolute atomic E-state index is 0.00781. The monoisotopic (exact) mass is 286 g/mol. The molecule has 0 radical (unpaired) electrons. The first kappa shape index (κ1) is 15.3. The van der Waals surface area contributed by atoms with Gasteiger partial charge in [0.2, 0.25) is 0 Å². The molecule has 8 heteroatoms. The third-order valence-electron chi connectivity index (χ3n) is 2.43. The third-order valence-corrected chi connectivity index (χ3v) is 2.43. The zero-order valence-electron chi connectivity index (χ0n) is 9.54. The normalized spacial score (nSPS) is 11.7. The van der Waals surface area contributed by atoms with E-state index in [0.29, 0.717) is 0 Å². The van der Waals surface area contributed by atoms with Crippen LogP contribution in [0.2, 0.25) is 0 Å². The lowest BCUT2D eigenvalue weighted by Crippen LogP contribution is -2.20. The van der Waals surface area contributed by atoms with Crippen LogP contribution >= 0.6 is 0 Å². The molecule has 0 atom stereocenters. The molecule has 0 amide bonds. The molecular formula is C11H8F6O2. The fourth-order valence-electron chi connectivity index (χ4n) is 1.72. The SMILES string of the molecule is CCCc1c(C(=O)O)c(F)c(F)c(F)c1C(F)(F)F. The summed E-state index contributed by atoms with van der Waals surface area (Å²) in [5.41, 5.74) is -4.63. The zero-order chi connectivity index (χ0) is 15.0. The van der Waals surface area contributed by atoms with Gasteiger partial charge in [-0.1, -0.05) is 13.3 Å². The number of aromatic carboxylic acids is 1. The van der Waals surface area contributed by atoms with Crippen molar-refractivity contribution in [3.05, 3.63) is 34.1 Å². The summed E-state index contributed by atoms with van der Waals surface area (Å²) in [4.78, 5) is 10.8. The van der Waals surface area contributed by atoms with Crippen LogP contribution in [0.4, 0.5) is 26.3 Å². The van der Waals surface area contributed by atoms with Gasteiger partial charge < -0.3 is 5.11 Å². The zero-order valence-corrected chi connectivity index (χ0v) is 9.54. The Morgan fingerprint density at radius 3 is 2.00 bits per heavy atom. The minimum Gasteiger partial charge on any atom is -0.478 e. The van der Waals surface area contributed by atoms with Gasteiger partial charge in [-0.05, 0) is 12.0 Å². The number of rotatable bonds is 3. The van der Waals surface area contributed by atoms with Crippen molar-refractivity contribution < 1.29 is 36.2 Å². The van der Waals surface area contributed by atoms with Gasteiger partial charge >= 0.3 is 12.1 Å². The van der Waals surface area contributed by atoms with Crippen molar-refractivity contribution >= 4 is 5.97 Å². The fraction of sp³-hybridized carbons (Fsp3) is 0.364. The molecule has 0 aliphatic rings. The second-order valence-corrected chi connectivity index (χ2v) is 3.72. The van der Waals surface area contributed by atoms with Crippen LogP contribution in [0.1, 0.15) is 34.8 Å². The summed E-state index contributed by atoms with van der Waals surface area (Å²) >= 11 is 0. The molecule has 0 bridgehead atoms. The van der Waals surface area contributed by atoms with Crippen molar-refractivity contribution in [2.75, 3.05) is 0 Å². The smallest absolute Gasteiger partial charge is 0.419 e. The molecule has 1 aromatic carbocycles. The van der Waals surface area contributed by atoms with E-state index in [0.717, 1.165) is 0 Å². The molecule has 0 aliphatic heterocycles. The number of carbonyl (C=O) groups is 1. The van der Waals surface area contributed by atoms with E-state index in [1.165, 1.54) is 6.92 Å². The molecule has 2 nitrogen and oxygen atoms in total. The average Bonchev–Trinajstić information content (AvgIpc) is 2.24. The van der Waals surface area contributed by atoms with Crippen LogP contribution in [0.3, 0.4) is 0 Å². The van der Waals surface area contributed by atoms with Crippen LogP contribution in [0.15, 0.2) is 0 Å². The number of benzene rings is 1. The Bertz CT molecular complexity index is 521. The van der Waals surface area contributed by atoms with Crippen molar-refractivity contribution in [1.29, 1.82) is 0 Å². The first-order valence-corrected chi connectivity index (χ1v) is 5.12. The molecule has 1 rings (SSSR count). The van der Waals surface area contributed by atoms with Crippen molar-refractivity contribution in [2.45, 2.75) is 25.9 Å². The van der Waals surface area contributed by atoms with Crippen LogP contribution in [0, 0.1) is 17.5 Å². The highest BCUT2D eigenvalue weighted by atomic mass is 19.4. The first-order valence-electron chi connectivity index (χ1n) is 5.12. The summed E-state index contributed by atoms with van der Waals surface area (Å²) in [6.07, 6.45) is -5.84. The Labute approximate surface area is 103 Å². The molecule has 0 unspecified atom stereocenters. The van der Waals surface area contributed by atoms with E-state index in [1.54, 1.807) is 0 Å². The summed E-state index contributed by atoms with van der Waals surface area (Å²) in [5, 5.41) is 8.68. The molecule has 1 N–H and O–H groups in total. The topological polar surface area (TPSA) is 37.3 Å². The van der Waals surface area contributed by atoms with Gasteiger partial charge in [0.05, 0.1) is 5.56 Å². The van der Waals surface area contributed by atoms with Crippen LogP contribution in [-0.2, 0) is 12.6 Å². The molecule has 0 aliphatic carbocycles. The Morgan fingerprint density at radius 2 is 1.63 bits per heavy atom. The van der Waals surface area contributed by atoms with Gasteiger partial charge in [-0.3, -0.25) is 0 Å². The highest BCUT2D eigenvalue weighted by molar-refractivity contribution is 5.90. The fourth-order valence-corrected chi connectivity index (χ4v) is 1.72. The quantitative estimate of drug-likeness (QED) is 0.678. The lowest BCUT2D eigenvalue weighted by atomic mass is 9.95. The third kappa shape index (κ3) is 2.66. The Balaban J connectivity index is 3.84. The summed E-state index contributed by atoms with van der Waals surface area (Å²) < 4.78 is 77.6. The van der Waals surface area contributed by atoms with Crippen LogP contribution in [-0.4, -0.2) is 11.1 Å². The standard InChI is InChI=1S/C11H8F6O2/c1-2-3-4-5(10(18)19)7(12)9(14)8(13)6(4)11(15,16)17/h2-3H2,1H3,(H,18,19). The molecule has 0 saturated carbocycles. The highest BCUT2D eigenvalue weighted by Crippen LogP contribution is 2.38. The van der Waals surface area contributed by atoms with Crippen LogP contribution < -0.4 is 0 Å². The van der Waals surface area contributed by atoms with Gasteiger partial charge in [-0.2, -0.15) is 13.2 Å². The average molecular weight is 286 g/mol. The lowest BCUT2D eigenvalue weighted by Gasteiger charge is -2.17. The van der Waals surface area contributed by atoms with Crippen LogP contribution in [0.5, 0.6) is 0 Å². The van der Waals surface area contributed by atoms with E-state index in [2.05, 4.69) is 0 Å². The molecule has 19 heavy (non-hydrogen) atoms. The lowest BCUT2D eigenvalue weighted by molar-refractivity contribution is -0.141. The summed E-state index contributed by atoms with van der Waals surface area (Å²) in [6.45, 7) is 1.39. The molecule has 1 aromatic rings. The van der Waals surface area contributed by atoms with Crippen LogP contribution in [0.25, 0.3) is 0 Å². The van der Waals surface area contributed by atoms with Gasteiger partial charge in [-0.25, -0.2) is 18.0 Å². The van der Waals surface area contributed by atoms with E-state index in [9.17, 15) is 31.1 Å². The van der Waals surface area contributed by atoms with E-state index in [4.69, 9.17) is 5.11 Å². The maximum Gasteiger partial charge on any atom is 0.419 e. The highest BCUT2D eigenvalue weighted by Gasteiger charge is 2.42. The van der Waals surface area contributed by atoms with E-state index >= 15 is 0 Å². The maximum absolute atomic E-state index is 13.3. The van der Waals surface area contributed by atoms with Crippen molar-refractivity contribution in [1.82, 2.24) is 0 Å². The second-order valence-electron chi connectivity index (χ2n) is 3.72. The summed E-state index contributed by atoms with van der Waals surface area (Å²) in [5.74, 6) is -9.06. The summed E-state index contributed by atoms with van der Waals surface area (Å²) in [7, 11) is 0. The number of hydrogen-bond acceptors (Lipinski definition) is 1. The van der Waals surface area contributed by atoms with Crippen molar-refractivity contribution in [2.24, 2.45) is 0 Å². The summed E-state index contributed by atoms with van der Waals surface area (Å²) in [6, 6.07) is 0. The largest absolute Gasteiger partial charge is 0.478 e. The molecule has 106 valence electrons. The first-order chi connectivity index (χ1) is 8.62. The van der Waals surface area contributed by atoms with Crippen molar-refractivity contribution in [3.8, 4) is 0 Å². The molecule has 0 saturated heterocycles. The predicted octanol–water partition coefficient (Wildman–Crippen LogP) is 3.77. The van der Waals surface area contributed by atoms with Gasteiger partial charge in [0.1, 0.15) is 5.56 Å². The molecule has 0 fully saturated rings. The van der Waals surface area contributed by atoms with E-state index in [-0.39, 0.29) is 6.42 Å². The maximum atomic E-state index is 13.3. The van der Waals surface area contributed by atoms with Gasteiger partial charge in [0, 0.05) is 0 Å². The number of alkyl halides is 3. The number of carboxylic acids is 1. The molecule has 0 aromatic heterocycles. The minimum atomic E-state index is -5.31. The number of halogens is 6. The molecule has 0 heterocycles. The number of carboxylic acid groups (broad SMARTS) is 1. The van der Waals surface area contributed by atoms with Crippen molar-refractivity contribution in [3.63, 3.8) is 0 Å². The van der Waals surface area contributed by atoms with E-state index < -0.39 is 52.7 Å².